The Bertz CT molecular complexity index is 861. The van der Waals surface area contributed by atoms with Crippen LogP contribution in [-0.2, 0) is 6.42 Å². The van der Waals surface area contributed by atoms with E-state index in [2.05, 4.69) is 56.9 Å². The lowest BCUT2D eigenvalue weighted by Gasteiger charge is -2.14. The lowest BCUT2D eigenvalue weighted by molar-refractivity contribution is 0.0980. The minimum absolute atomic E-state index is 0.227. The van der Waals surface area contributed by atoms with Crippen LogP contribution in [0.5, 0.6) is 0 Å². The van der Waals surface area contributed by atoms with E-state index in [9.17, 15) is 4.79 Å². The van der Waals surface area contributed by atoms with Gasteiger partial charge in [-0.1, -0.05) is 37.6 Å². The Morgan fingerprint density at radius 3 is 2.58 bits per heavy atom. The lowest BCUT2D eigenvalue weighted by Crippen LogP contribution is -2.06. The molecule has 0 atom stereocenters. The van der Waals surface area contributed by atoms with Gasteiger partial charge in [-0.15, -0.1) is 0 Å². The molecule has 0 amide bonds. The molecule has 2 heteroatoms. The molecule has 136 valence electrons. The van der Waals surface area contributed by atoms with E-state index in [1.807, 2.05) is 6.20 Å². The predicted molar refractivity (Wildman–Crippen MR) is 109 cm³/mol. The van der Waals surface area contributed by atoms with Crippen molar-refractivity contribution < 1.29 is 4.79 Å². The minimum Gasteiger partial charge on any atom is -0.294 e. The summed E-state index contributed by atoms with van der Waals surface area (Å²) in [5.41, 5.74) is 9.68. The normalized spacial score (nSPS) is 14.2. The van der Waals surface area contributed by atoms with Gasteiger partial charge in [-0.2, -0.15) is 0 Å². The molecular weight excluding hydrogens is 318 g/mol. The second kappa shape index (κ2) is 7.99. The molecule has 0 spiro atoms. The van der Waals surface area contributed by atoms with E-state index in [4.69, 9.17) is 0 Å². The second-order valence-electron chi connectivity index (χ2n) is 7.37. The summed E-state index contributed by atoms with van der Waals surface area (Å²) in [6, 6.07) is 8.79. The van der Waals surface area contributed by atoms with Gasteiger partial charge in [-0.05, 0) is 79.9 Å². The molecule has 0 radical (unpaired) electrons. The van der Waals surface area contributed by atoms with Gasteiger partial charge < -0.3 is 0 Å². The van der Waals surface area contributed by atoms with E-state index in [-0.39, 0.29) is 5.78 Å². The average Bonchev–Trinajstić information content (AvgIpc) is 3.13. The molecule has 2 aromatic rings. The van der Waals surface area contributed by atoms with E-state index in [1.54, 1.807) is 0 Å². The van der Waals surface area contributed by atoms with Gasteiger partial charge in [-0.3, -0.25) is 9.78 Å². The highest BCUT2D eigenvalue weighted by Crippen LogP contribution is 2.41. The van der Waals surface area contributed by atoms with Crippen LogP contribution in [0.1, 0.15) is 84.3 Å². The van der Waals surface area contributed by atoms with Crippen LogP contribution in [0.3, 0.4) is 0 Å². The minimum atomic E-state index is 0.227. The average molecular weight is 348 g/mol. The molecule has 2 nitrogen and oxygen atoms in total. The highest BCUT2D eigenvalue weighted by Gasteiger charge is 2.21. The summed E-state index contributed by atoms with van der Waals surface area (Å²) >= 11 is 0. The van der Waals surface area contributed by atoms with Gasteiger partial charge in [-0.25, -0.2) is 0 Å². The molecular formula is C24H29NO. The predicted octanol–water partition coefficient (Wildman–Crippen LogP) is 6.34. The zero-order valence-electron chi connectivity index (χ0n) is 16.5. The molecule has 26 heavy (non-hydrogen) atoms. The van der Waals surface area contributed by atoms with Crippen molar-refractivity contribution in [3.05, 3.63) is 64.0 Å². The van der Waals surface area contributed by atoms with Crippen molar-refractivity contribution in [2.45, 2.75) is 66.2 Å². The fraction of sp³-hybridized carbons (Fsp3) is 0.417. The first-order chi connectivity index (χ1) is 12.5. The number of ketones is 1. The van der Waals surface area contributed by atoms with Gasteiger partial charge in [0.1, 0.15) is 0 Å². The molecule has 0 unspecified atom stereocenters. The molecule has 3 rings (SSSR count). The molecule has 1 heterocycles. The SMILES string of the molecule is CCCC(=O)c1cc(C2=C(c3cc(C)ccc3C)CCC2)cnc1CC. The molecule has 1 aliphatic carbocycles. The number of pyridine rings is 1. The van der Waals surface area contributed by atoms with Crippen molar-refractivity contribution in [2.24, 2.45) is 0 Å². The second-order valence-corrected chi connectivity index (χ2v) is 7.37. The van der Waals surface area contributed by atoms with Crippen molar-refractivity contribution in [3.63, 3.8) is 0 Å². The summed E-state index contributed by atoms with van der Waals surface area (Å²) in [4.78, 5) is 17.2. The van der Waals surface area contributed by atoms with E-state index in [1.165, 1.54) is 34.3 Å². The van der Waals surface area contributed by atoms with Crippen LogP contribution < -0.4 is 0 Å². The summed E-state index contributed by atoms with van der Waals surface area (Å²) in [5, 5.41) is 0. The summed E-state index contributed by atoms with van der Waals surface area (Å²) in [5.74, 6) is 0.227. The van der Waals surface area contributed by atoms with E-state index in [0.29, 0.717) is 6.42 Å². The number of benzene rings is 1. The summed E-state index contributed by atoms with van der Waals surface area (Å²) in [6.45, 7) is 8.46. The van der Waals surface area contributed by atoms with Crippen LogP contribution >= 0.6 is 0 Å². The lowest BCUT2D eigenvalue weighted by atomic mass is 9.92. The van der Waals surface area contributed by atoms with Crippen molar-refractivity contribution >= 4 is 16.9 Å². The Morgan fingerprint density at radius 2 is 1.85 bits per heavy atom. The van der Waals surface area contributed by atoms with Crippen LogP contribution in [0.4, 0.5) is 0 Å². The third kappa shape index (κ3) is 3.65. The Hall–Kier alpha value is -2.22. The largest absolute Gasteiger partial charge is 0.294 e. The molecule has 0 bridgehead atoms. The number of rotatable bonds is 6. The number of nitrogens with zero attached hydrogens (tertiary/aromatic N) is 1. The Morgan fingerprint density at radius 1 is 1.08 bits per heavy atom. The number of carbonyl (C=O) groups excluding carboxylic acids is 1. The van der Waals surface area contributed by atoms with Crippen molar-refractivity contribution in [3.8, 4) is 0 Å². The van der Waals surface area contributed by atoms with E-state index >= 15 is 0 Å². The van der Waals surface area contributed by atoms with Gasteiger partial charge in [0, 0.05) is 18.2 Å². The number of Topliss-reactive ketones (excluding diaryl/α,β-unsaturated/α-hetero) is 1. The van der Waals surface area contributed by atoms with Crippen LogP contribution in [0.2, 0.25) is 0 Å². The third-order valence-corrected chi connectivity index (χ3v) is 5.37. The molecule has 0 saturated carbocycles. The third-order valence-electron chi connectivity index (χ3n) is 5.37. The molecule has 0 saturated heterocycles. The van der Waals surface area contributed by atoms with Crippen LogP contribution in [0.15, 0.2) is 30.5 Å². The first-order valence-electron chi connectivity index (χ1n) is 9.87. The summed E-state index contributed by atoms with van der Waals surface area (Å²) < 4.78 is 0. The Kier molecular flexibility index (Phi) is 5.70. The highest BCUT2D eigenvalue weighted by atomic mass is 16.1. The van der Waals surface area contributed by atoms with Gasteiger partial charge >= 0.3 is 0 Å². The van der Waals surface area contributed by atoms with Gasteiger partial charge in [0.2, 0.25) is 0 Å². The quantitative estimate of drug-likeness (QED) is 0.571. The summed E-state index contributed by atoms with van der Waals surface area (Å²) in [6.07, 6.45) is 7.60. The fourth-order valence-electron chi connectivity index (χ4n) is 3.96. The van der Waals surface area contributed by atoms with Crippen LogP contribution in [-0.4, -0.2) is 10.8 Å². The van der Waals surface area contributed by atoms with Gasteiger partial charge in [0.15, 0.2) is 5.78 Å². The van der Waals surface area contributed by atoms with Gasteiger partial charge in [0.05, 0.1) is 5.69 Å². The number of hydrogen-bond donors (Lipinski definition) is 0. The van der Waals surface area contributed by atoms with Gasteiger partial charge in [0.25, 0.3) is 0 Å². The number of hydrogen-bond acceptors (Lipinski definition) is 2. The molecule has 0 N–H and O–H groups in total. The van der Waals surface area contributed by atoms with Crippen molar-refractivity contribution in [1.82, 2.24) is 4.98 Å². The number of carbonyl (C=O) groups is 1. The van der Waals surface area contributed by atoms with Crippen LogP contribution in [0, 0.1) is 13.8 Å². The maximum atomic E-state index is 12.6. The van der Waals surface area contributed by atoms with Crippen molar-refractivity contribution in [2.75, 3.05) is 0 Å². The van der Waals surface area contributed by atoms with Crippen molar-refractivity contribution in [1.29, 1.82) is 0 Å². The molecule has 1 aliphatic rings. The zero-order valence-corrected chi connectivity index (χ0v) is 16.5. The number of aromatic nitrogens is 1. The molecule has 0 aliphatic heterocycles. The smallest absolute Gasteiger partial charge is 0.164 e. The topological polar surface area (TPSA) is 30.0 Å². The standard InChI is InChI=1S/C24H29NO/c1-5-8-24(26)22-14-18(15-25-23(22)6-2)19-9-7-10-20(19)21-13-16(3)11-12-17(21)4/h11-15H,5-10H2,1-4H3. The first-order valence-corrected chi connectivity index (χ1v) is 9.87. The number of allylic oxidation sites excluding steroid dienone is 2. The van der Waals surface area contributed by atoms with E-state index < -0.39 is 0 Å². The Labute approximate surface area is 157 Å². The maximum absolute atomic E-state index is 12.6. The monoisotopic (exact) mass is 347 g/mol. The zero-order chi connectivity index (χ0) is 18.7. The summed E-state index contributed by atoms with van der Waals surface area (Å²) in [7, 11) is 0. The first kappa shape index (κ1) is 18.6. The number of aryl methyl sites for hydroxylation is 3. The van der Waals surface area contributed by atoms with Crippen LogP contribution in [0.25, 0.3) is 11.1 Å². The molecule has 0 fully saturated rings. The van der Waals surface area contributed by atoms with E-state index in [0.717, 1.165) is 42.5 Å². The molecule has 1 aromatic carbocycles. The highest BCUT2D eigenvalue weighted by molar-refractivity contribution is 5.99. The molecule has 1 aromatic heterocycles. The maximum Gasteiger partial charge on any atom is 0.164 e. The Balaban J connectivity index is 2.10. The fourth-order valence-corrected chi connectivity index (χ4v) is 3.96.